The maximum absolute atomic E-state index is 10.9. The second-order valence-electron chi connectivity index (χ2n) is 2.50. The van der Waals surface area contributed by atoms with Crippen molar-refractivity contribution < 1.29 is 19.1 Å². The van der Waals surface area contributed by atoms with E-state index in [4.69, 9.17) is 0 Å². The second-order valence-corrected chi connectivity index (χ2v) is 2.50. The molecular weight excluding hydrogens is 172 g/mol. The summed E-state index contributed by atoms with van der Waals surface area (Å²) in [5, 5.41) is 0. The van der Waals surface area contributed by atoms with Crippen molar-refractivity contribution in [2.75, 3.05) is 13.7 Å². The van der Waals surface area contributed by atoms with E-state index >= 15 is 0 Å². The average Bonchev–Trinajstić information content (AvgIpc) is 2.04. The molecule has 0 spiro atoms. The van der Waals surface area contributed by atoms with E-state index in [1.807, 2.05) is 0 Å². The lowest BCUT2D eigenvalue weighted by molar-refractivity contribution is -0.139. The minimum Gasteiger partial charge on any atom is -0.469 e. The Morgan fingerprint density at radius 1 is 1.38 bits per heavy atom. The van der Waals surface area contributed by atoms with Crippen molar-refractivity contribution in [2.24, 2.45) is 0 Å². The smallest absolute Gasteiger partial charge is 0.330 e. The van der Waals surface area contributed by atoms with Crippen molar-refractivity contribution in [3.05, 3.63) is 11.6 Å². The van der Waals surface area contributed by atoms with Gasteiger partial charge < -0.3 is 9.47 Å². The van der Waals surface area contributed by atoms with Crippen LogP contribution in [0.15, 0.2) is 11.6 Å². The minimum absolute atomic E-state index is 0.120. The molecule has 0 saturated heterocycles. The van der Waals surface area contributed by atoms with Gasteiger partial charge in [0.25, 0.3) is 0 Å². The van der Waals surface area contributed by atoms with Gasteiger partial charge in [-0.3, -0.25) is 4.79 Å². The lowest BCUT2D eigenvalue weighted by Gasteiger charge is -1.99. The van der Waals surface area contributed by atoms with E-state index in [1.165, 1.54) is 13.2 Å². The molecule has 74 valence electrons. The van der Waals surface area contributed by atoms with Crippen LogP contribution < -0.4 is 0 Å². The molecule has 0 aromatic rings. The van der Waals surface area contributed by atoms with E-state index in [9.17, 15) is 9.59 Å². The number of carbonyl (C=O) groups is 2. The maximum Gasteiger partial charge on any atom is 0.330 e. The lowest BCUT2D eigenvalue weighted by Crippen LogP contribution is -2.04. The van der Waals surface area contributed by atoms with Crippen molar-refractivity contribution in [2.45, 2.75) is 20.3 Å². The first kappa shape index (κ1) is 11.7. The Labute approximate surface area is 77.5 Å². The molecule has 0 heterocycles. The minimum atomic E-state index is -0.427. The zero-order chi connectivity index (χ0) is 10.3. The monoisotopic (exact) mass is 186 g/mol. The van der Waals surface area contributed by atoms with E-state index in [1.54, 1.807) is 13.8 Å². The number of hydrogen-bond donors (Lipinski definition) is 0. The number of ether oxygens (including phenoxy) is 2. The van der Waals surface area contributed by atoms with Crippen LogP contribution >= 0.6 is 0 Å². The van der Waals surface area contributed by atoms with Crippen molar-refractivity contribution >= 4 is 11.9 Å². The molecule has 0 fully saturated rings. The fraction of sp³-hybridized carbons (Fsp3) is 0.556. The van der Waals surface area contributed by atoms with Crippen LogP contribution in [0.2, 0.25) is 0 Å². The highest BCUT2D eigenvalue weighted by Gasteiger charge is 2.03. The zero-order valence-electron chi connectivity index (χ0n) is 8.12. The van der Waals surface area contributed by atoms with Gasteiger partial charge in [0.05, 0.1) is 20.1 Å². The molecule has 0 bridgehead atoms. The first-order valence-corrected chi connectivity index (χ1v) is 4.00. The summed E-state index contributed by atoms with van der Waals surface area (Å²) in [7, 11) is 1.31. The Bertz CT molecular complexity index is 218. The Morgan fingerprint density at radius 3 is 2.46 bits per heavy atom. The molecule has 0 atom stereocenters. The van der Waals surface area contributed by atoms with Gasteiger partial charge in [-0.25, -0.2) is 4.79 Å². The van der Waals surface area contributed by atoms with Crippen LogP contribution in [0.5, 0.6) is 0 Å². The normalized spacial score (nSPS) is 10.8. The molecule has 13 heavy (non-hydrogen) atoms. The van der Waals surface area contributed by atoms with Gasteiger partial charge in [0.2, 0.25) is 0 Å². The van der Waals surface area contributed by atoms with Crippen LogP contribution in [-0.2, 0) is 19.1 Å². The second kappa shape index (κ2) is 6.22. The highest BCUT2D eigenvalue weighted by Crippen LogP contribution is 2.01. The lowest BCUT2D eigenvalue weighted by atomic mass is 10.2. The van der Waals surface area contributed by atoms with Crippen molar-refractivity contribution in [1.29, 1.82) is 0 Å². The fourth-order valence-electron chi connectivity index (χ4n) is 0.736. The molecule has 4 heteroatoms. The number of hydrogen-bond acceptors (Lipinski definition) is 4. The van der Waals surface area contributed by atoms with Gasteiger partial charge >= 0.3 is 11.9 Å². The number of carbonyl (C=O) groups excluding carboxylic acids is 2. The molecule has 0 aliphatic rings. The molecule has 0 unspecified atom stereocenters. The predicted octanol–water partition coefficient (Wildman–Crippen LogP) is 1.06. The molecule has 0 N–H and O–H groups in total. The van der Waals surface area contributed by atoms with Crippen LogP contribution in [0.1, 0.15) is 20.3 Å². The highest BCUT2D eigenvalue weighted by atomic mass is 16.5. The highest BCUT2D eigenvalue weighted by molar-refractivity contribution is 5.84. The number of esters is 2. The van der Waals surface area contributed by atoms with Gasteiger partial charge in [-0.2, -0.15) is 0 Å². The quantitative estimate of drug-likeness (QED) is 0.486. The van der Waals surface area contributed by atoms with Crippen LogP contribution in [0, 0.1) is 0 Å². The molecule has 0 aromatic heterocycles. The Balaban J connectivity index is 4.01. The Morgan fingerprint density at radius 2 is 2.00 bits per heavy atom. The van der Waals surface area contributed by atoms with Crippen LogP contribution in [0.4, 0.5) is 0 Å². The summed E-state index contributed by atoms with van der Waals surface area (Å²) in [5.74, 6) is -0.790. The molecule has 4 nitrogen and oxygen atoms in total. The topological polar surface area (TPSA) is 52.6 Å². The van der Waals surface area contributed by atoms with Gasteiger partial charge in [0.15, 0.2) is 0 Å². The molecule has 0 radical (unpaired) electrons. The van der Waals surface area contributed by atoms with Gasteiger partial charge in [-0.15, -0.1) is 0 Å². The molecule has 0 rings (SSSR count). The van der Waals surface area contributed by atoms with E-state index < -0.39 is 5.97 Å². The predicted molar refractivity (Wildman–Crippen MR) is 47.0 cm³/mol. The molecule has 0 amide bonds. The molecule has 0 aliphatic carbocycles. The molecule has 0 aromatic carbocycles. The standard InChI is InChI=1S/C9H14O4/c1-4-13-9(11)6-7(2)5-8(10)12-3/h6H,4-5H2,1-3H3/b7-6+. The maximum atomic E-state index is 10.9. The number of rotatable bonds is 4. The summed E-state index contributed by atoms with van der Waals surface area (Å²) in [6, 6.07) is 0. The summed E-state index contributed by atoms with van der Waals surface area (Å²) in [6.45, 7) is 3.73. The average molecular weight is 186 g/mol. The van der Waals surface area contributed by atoms with Gasteiger partial charge in [-0.1, -0.05) is 5.57 Å². The Kier molecular flexibility index (Phi) is 5.59. The van der Waals surface area contributed by atoms with E-state index in [0.29, 0.717) is 12.2 Å². The number of methoxy groups -OCH3 is 1. The third-order valence-electron chi connectivity index (χ3n) is 1.30. The van der Waals surface area contributed by atoms with Crippen molar-refractivity contribution in [1.82, 2.24) is 0 Å². The summed E-state index contributed by atoms with van der Waals surface area (Å²) in [6.07, 6.45) is 1.41. The van der Waals surface area contributed by atoms with E-state index in [-0.39, 0.29) is 12.4 Å². The van der Waals surface area contributed by atoms with Crippen molar-refractivity contribution in [3.63, 3.8) is 0 Å². The van der Waals surface area contributed by atoms with Crippen LogP contribution in [0.3, 0.4) is 0 Å². The van der Waals surface area contributed by atoms with Crippen molar-refractivity contribution in [3.8, 4) is 0 Å². The van der Waals surface area contributed by atoms with Crippen LogP contribution in [0.25, 0.3) is 0 Å². The van der Waals surface area contributed by atoms with Gasteiger partial charge in [-0.05, 0) is 13.8 Å². The molecule has 0 aliphatic heterocycles. The SMILES string of the molecule is CCOC(=O)/C=C(\C)CC(=O)OC. The van der Waals surface area contributed by atoms with Crippen LogP contribution in [-0.4, -0.2) is 25.7 Å². The summed E-state index contributed by atoms with van der Waals surface area (Å²) in [4.78, 5) is 21.6. The molecule has 0 saturated carbocycles. The summed E-state index contributed by atoms with van der Waals surface area (Å²) in [5.41, 5.74) is 0.630. The summed E-state index contributed by atoms with van der Waals surface area (Å²) >= 11 is 0. The molecular formula is C9H14O4. The Hall–Kier alpha value is -1.32. The third kappa shape index (κ3) is 5.90. The third-order valence-corrected chi connectivity index (χ3v) is 1.30. The first-order valence-electron chi connectivity index (χ1n) is 4.00. The van der Waals surface area contributed by atoms with Gasteiger partial charge in [0.1, 0.15) is 0 Å². The fourth-order valence-corrected chi connectivity index (χ4v) is 0.736. The van der Waals surface area contributed by atoms with Gasteiger partial charge in [0, 0.05) is 6.08 Å². The zero-order valence-corrected chi connectivity index (χ0v) is 8.12. The van der Waals surface area contributed by atoms with E-state index in [2.05, 4.69) is 9.47 Å². The van der Waals surface area contributed by atoms with E-state index in [0.717, 1.165) is 0 Å². The largest absolute Gasteiger partial charge is 0.469 e. The summed E-state index contributed by atoms with van der Waals surface area (Å²) < 4.78 is 9.09. The first-order chi connectivity index (χ1) is 6.10.